The first-order chi connectivity index (χ1) is 12.3. The van der Waals surface area contributed by atoms with Crippen LogP contribution in [0.4, 0.5) is 5.69 Å². The van der Waals surface area contributed by atoms with Gasteiger partial charge >= 0.3 is 0 Å². The molecule has 0 bridgehead atoms. The van der Waals surface area contributed by atoms with Gasteiger partial charge in [0, 0.05) is 11.2 Å². The van der Waals surface area contributed by atoms with E-state index < -0.39 is 6.04 Å². The van der Waals surface area contributed by atoms with Crippen molar-refractivity contribution in [2.24, 2.45) is 0 Å². The van der Waals surface area contributed by atoms with Crippen molar-refractivity contribution in [1.29, 1.82) is 0 Å². The van der Waals surface area contributed by atoms with Gasteiger partial charge in [0.15, 0.2) is 0 Å². The van der Waals surface area contributed by atoms with E-state index in [2.05, 4.69) is 15.5 Å². The summed E-state index contributed by atoms with van der Waals surface area (Å²) in [6, 6.07) is 7.07. The zero-order chi connectivity index (χ0) is 18.8. The molecule has 2 heterocycles. The van der Waals surface area contributed by atoms with Gasteiger partial charge in [-0.15, -0.1) is 0 Å². The number of aryl methyl sites for hydroxylation is 1. The number of rotatable bonds is 5. The highest BCUT2D eigenvalue weighted by Crippen LogP contribution is 2.23. The quantitative estimate of drug-likeness (QED) is 0.706. The van der Waals surface area contributed by atoms with Gasteiger partial charge < -0.3 is 5.32 Å². The molecule has 0 spiro atoms. The van der Waals surface area contributed by atoms with Gasteiger partial charge in [-0.1, -0.05) is 35.3 Å². The highest BCUT2D eigenvalue weighted by atomic mass is 35.5. The average Bonchev–Trinajstić information content (AvgIpc) is 3.15. The molecule has 136 valence electrons. The zero-order valence-electron chi connectivity index (χ0n) is 14.7. The minimum Gasteiger partial charge on any atom is -0.322 e. The molecule has 1 N–H and O–H groups in total. The van der Waals surface area contributed by atoms with Crippen LogP contribution in [0.3, 0.4) is 0 Å². The van der Waals surface area contributed by atoms with Gasteiger partial charge in [-0.05, 0) is 38.5 Å². The average molecular weight is 392 g/mol. The molecule has 0 aliphatic carbocycles. The van der Waals surface area contributed by atoms with Crippen molar-refractivity contribution in [3.8, 4) is 0 Å². The molecule has 0 aliphatic rings. The third-order valence-electron chi connectivity index (χ3n) is 4.14. The van der Waals surface area contributed by atoms with Crippen molar-refractivity contribution in [2.75, 3.05) is 5.32 Å². The Morgan fingerprint density at radius 3 is 2.54 bits per heavy atom. The Morgan fingerprint density at radius 1 is 1.23 bits per heavy atom. The lowest BCUT2D eigenvalue weighted by Crippen LogP contribution is -2.25. The van der Waals surface area contributed by atoms with Gasteiger partial charge in [0.05, 0.1) is 34.8 Å². The maximum absolute atomic E-state index is 12.5. The monoisotopic (exact) mass is 391 g/mol. The Morgan fingerprint density at radius 2 is 1.92 bits per heavy atom. The molecule has 3 aromatic rings. The number of carbonyl (C=O) groups excluding carboxylic acids is 1. The number of nitrogens with one attached hydrogen (secondary N) is 1. The number of anilines is 1. The van der Waals surface area contributed by atoms with E-state index in [-0.39, 0.29) is 5.91 Å². The maximum Gasteiger partial charge on any atom is 0.249 e. The minimum atomic E-state index is -0.485. The van der Waals surface area contributed by atoms with Gasteiger partial charge in [-0.2, -0.15) is 10.2 Å². The van der Waals surface area contributed by atoms with E-state index in [1.165, 1.54) is 0 Å². The maximum atomic E-state index is 12.5. The summed E-state index contributed by atoms with van der Waals surface area (Å²) in [7, 11) is 0. The van der Waals surface area contributed by atoms with E-state index in [1.807, 2.05) is 38.1 Å². The summed E-state index contributed by atoms with van der Waals surface area (Å²) in [5, 5.41) is 12.8. The van der Waals surface area contributed by atoms with Gasteiger partial charge in [-0.25, -0.2) is 0 Å². The van der Waals surface area contributed by atoms with E-state index in [1.54, 1.807) is 28.7 Å². The fraction of sp³-hybridized carbons (Fsp3) is 0.278. The van der Waals surface area contributed by atoms with E-state index in [9.17, 15) is 4.79 Å². The van der Waals surface area contributed by atoms with Crippen LogP contribution in [0, 0.1) is 13.8 Å². The molecular weight excluding hydrogens is 373 g/mol. The van der Waals surface area contributed by atoms with Crippen molar-refractivity contribution in [3.63, 3.8) is 0 Å². The second-order valence-corrected chi connectivity index (χ2v) is 6.96. The van der Waals surface area contributed by atoms with Gasteiger partial charge in [0.2, 0.25) is 5.91 Å². The van der Waals surface area contributed by atoms with E-state index in [0.717, 1.165) is 11.3 Å². The molecule has 0 saturated carbocycles. The SMILES string of the molecule is Cc1nn(C(C)C(=O)Nc2cnn(Cc3ccc(Cl)cc3)c2)c(C)c1Cl. The molecule has 1 unspecified atom stereocenters. The van der Waals surface area contributed by atoms with Crippen LogP contribution in [0.2, 0.25) is 10.0 Å². The summed E-state index contributed by atoms with van der Waals surface area (Å²) < 4.78 is 3.38. The number of amides is 1. The Hall–Kier alpha value is -2.31. The van der Waals surface area contributed by atoms with E-state index >= 15 is 0 Å². The lowest BCUT2D eigenvalue weighted by Gasteiger charge is -2.13. The predicted molar refractivity (Wildman–Crippen MR) is 103 cm³/mol. The molecule has 0 radical (unpaired) electrons. The minimum absolute atomic E-state index is 0.182. The third kappa shape index (κ3) is 3.92. The topological polar surface area (TPSA) is 64.7 Å². The number of hydrogen-bond donors (Lipinski definition) is 1. The van der Waals surface area contributed by atoms with Gasteiger partial charge in [0.1, 0.15) is 6.04 Å². The number of aromatic nitrogens is 4. The molecule has 1 atom stereocenters. The summed E-state index contributed by atoms with van der Waals surface area (Å²) in [4.78, 5) is 12.5. The molecule has 1 amide bonds. The zero-order valence-corrected chi connectivity index (χ0v) is 16.2. The second kappa shape index (κ2) is 7.51. The van der Waals surface area contributed by atoms with Crippen LogP contribution in [-0.4, -0.2) is 25.5 Å². The van der Waals surface area contributed by atoms with Crippen molar-refractivity contribution >= 4 is 34.8 Å². The van der Waals surface area contributed by atoms with Crippen molar-refractivity contribution < 1.29 is 4.79 Å². The molecule has 26 heavy (non-hydrogen) atoms. The molecular formula is C18H19Cl2N5O. The Balaban J connectivity index is 1.67. The number of hydrogen-bond acceptors (Lipinski definition) is 3. The van der Waals surface area contributed by atoms with Crippen LogP contribution in [-0.2, 0) is 11.3 Å². The number of halogens is 2. The molecule has 1 aromatic carbocycles. The first-order valence-corrected chi connectivity index (χ1v) is 8.89. The van der Waals surface area contributed by atoms with Crippen molar-refractivity contribution in [3.05, 3.63) is 63.7 Å². The summed E-state index contributed by atoms with van der Waals surface area (Å²) >= 11 is 12.1. The van der Waals surface area contributed by atoms with Crippen LogP contribution in [0.25, 0.3) is 0 Å². The van der Waals surface area contributed by atoms with Gasteiger partial charge in [0.25, 0.3) is 0 Å². The van der Waals surface area contributed by atoms with Crippen LogP contribution in [0.15, 0.2) is 36.7 Å². The molecule has 0 aliphatic heterocycles. The van der Waals surface area contributed by atoms with Crippen LogP contribution in [0.1, 0.15) is 29.9 Å². The fourth-order valence-corrected chi connectivity index (χ4v) is 2.92. The largest absolute Gasteiger partial charge is 0.322 e. The Bertz CT molecular complexity index is 930. The Kier molecular flexibility index (Phi) is 5.34. The smallest absolute Gasteiger partial charge is 0.249 e. The number of benzene rings is 1. The second-order valence-electron chi connectivity index (χ2n) is 6.15. The van der Waals surface area contributed by atoms with Gasteiger partial charge in [-0.3, -0.25) is 14.2 Å². The molecule has 2 aromatic heterocycles. The number of nitrogens with zero attached hydrogens (tertiary/aromatic N) is 4. The van der Waals surface area contributed by atoms with Crippen LogP contribution < -0.4 is 5.32 Å². The highest BCUT2D eigenvalue weighted by molar-refractivity contribution is 6.31. The molecule has 8 heteroatoms. The van der Waals surface area contributed by atoms with Crippen molar-refractivity contribution in [1.82, 2.24) is 19.6 Å². The lowest BCUT2D eigenvalue weighted by atomic mass is 10.2. The summed E-state index contributed by atoms with van der Waals surface area (Å²) in [5.41, 5.74) is 3.18. The summed E-state index contributed by atoms with van der Waals surface area (Å²) in [5.74, 6) is -0.182. The number of carbonyl (C=O) groups is 1. The van der Waals surface area contributed by atoms with Crippen LogP contribution in [0.5, 0.6) is 0 Å². The first-order valence-electron chi connectivity index (χ1n) is 8.14. The standard InChI is InChI=1S/C18H19Cl2N5O/c1-11-17(20)12(2)25(23-11)13(3)18(26)22-16-8-21-24(10-16)9-14-4-6-15(19)7-5-14/h4-8,10,13H,9H2,1-3H3,(H,22,26). The third-order valence-corrected chi connectivity index (χ3v) is 4.94. The normalized spacial score (nSPS) is 12.2. The summed E-state index contributed by atoms with van der Waals surface area (Å²) in [6.07, 6.45) is 3.40. The first kappa shape index (κ1) is 18.5. The van der Waals surface area contributed by atoms with E-state index in [0.29, 0.717) is 28.0 Å². The van der Waals surface area contributed by atoms with Crippen molar-refractivity contribution in [2.45, 2.75) is 33.4 Å². The van der Waals surface area contributed by atoms with E-state index in [4.69, 9.17) is 23.2 Å². The molecule has 0 saturated heterocycles. The summed E-state index contributed by atoms with van der Waals surface area (Å²) in [6.45, 7) is 6.03. The molecule has 6 nitrogen and oxygen atoms in total. The fourth-order valence-electron chi connectivity index (χ4n) is 2.67. The lowest BCUT2D eigenvalue weighted by molar-refractivity contribution is -0.119. The molecule has 3 rings (SSSR count). The molecule has 0 fully saturated rings. The Labute approximate surface area is 161 Å². The highest BCUT2D eigenvalue weighted by Gasteiger charge is 2.21. The van der Waals surface area contributed by atoms with Crippen LogP contribution >= 0.6 is 23.2 Å². The predicted octanol–water partition coefficient (Wildman–Crippen LogP) is 4.25.